The molecule has 32 heavy (non-hydrogen) atoms. The van der Waals surface area contributed by atoms with Gasteiger partial charge in [0, 0.05) is 31.4 Å². The van der Waals surface area contributed by atoms with E-state index in [1.54, 1.807) is 23.2 Å². The third-order valence-corrected chi connectivity index (χ3v) is 5.72. The second kappa shape index (κ2) is 9.94. The van der Waals surface area contributed by atoms with Gasteiger partial charge < -0.3 is 10.2 Å². The number of hydrogen-bond donors (Lipinski definition) is 1. The predicted molar refractivity (Wildman–Crippen MR) is 131 cm³/mol. The zero-order valence-corrected chi connectivity index (χ0v) is 19.2. The van der Waals surface area contributed by atoms with E-state index in [1.165, 1.54) is 0 Å². The Hall–Kier alpha value is -3.22. The van der Waals surface area contributed by atoms with E-state index in [0.717, 1.165) is 27.5 Å². The number of pyridine rings is 1. The fourth-order valence-corrected chi connectivity index (χ4v) is 3.92. The van der Waals surface area contributed by atoms with Crippen molar-refractivity contribution in [3.8, 4) is 0 Å². The van der Waals surface area contributed by atoms with E-state index in [2.05, 4.69) is 34.6 Å². The molecule has 2 aromatic carbocycles. The molecule has 166 valence electrons. The summed E-state index contributed by atoms with van der Waals surface area (Å²) in [4.78, 5) is 32.7. The molecule has 1 aliphatic heterocycles. The highest BCUT2D eigenvalue weighted by molar-refractivity contribution is 5.94. The second-order valence-corrected chi connectivity index (χ2v) is 8.02. The van der Waals surface area contributed by atoms with Gasteiger partial charge in [0.15, 0.2) is 0 Å². The smallest absolute Gasteiger partial charge is 0.246 e. The Kier molecular flexibility index (Phi) is 7.28. The van der Waals surface area contributed by atoms with Gasteiger partial charge in [-0.15, -0.1) is 12.4 Å². The molecule has 0 saturated carbocycles. The van der Waals surface area contributed by atoms with E-state index in [0.29, 0.717) is 18.9 Å². The van der Waals surface area contributed by atoms with E-state index >= 15 is 0 Å². The van der Waals surface area contributed by atoms with Gasteiger partial charge >= 0.3 is 0 Å². The lowest BCUT2D eigenvalue weighted by Crippen LogP contribution is -2.28. The van der Waals surface area contributed by atoms with Crippen LogP contribution < -0.4 is 5.32 Å². The number of carbonyl (C=O) groups is 2. The molecule has 0 bridgehead atoms. The molecule has 2 amide bonds. The van der Waals surface area contributed by atoms with Crippen molar-refractivity contribution in [2.45, 2.75) is 19.5 Å². The molecule has 1 N–H and O–H groups in total. The van der Waals surface area contributed by atoms with Crippen molar-refractivity contribution in [3.05, 3.63) is 77.5 Å². The Labute approximate surface area is 194 Å². The minimum absolute atomic E-state index is 0. The van der Waals surface area contributed by atoms with Gasteiger partial charge in [0.25, 0.3) is 0 Å². The molecule has 0 spiro atoms. The molecule has 1 atom stereocenters. The zero-order chi connectivity index (χ0) is 22.0. The van der Waals surface area contributed by atoms with Crippen molar-refractivity contribution in [2.24, 2.45) is 0 Å². The highest BCUT2D eigenvalue weighted by Crippen LogP contribution is 2.27. The number of likely N-dealkylation sites (N-methyl/N-ethyl adjacent to an activating group) is 2. The topological polar surface area (TPSA) is 65.5 Å². The van der Waals surface area contributed by atoms with Crippen molar-refractivity contribution in [2.75, 3.05) is 26.0 Å². The number of hydrogen-bond acceptors (Lipinski definition) is 4. The van der Waals surface area contributed by atoms with Gasteiger partial charge in [0.2, 0.25) is 11.8 Å². The molecule has 7 heteroatoms. The van der Waals surface area contributed by atoms with Crippen LogP contribution in [0.5, 0.6) is 0 Å². The molecular formula is C25H27ClN4O2. The molecule has 1 aliphatic rings. The molecule has 2 heterocycles. The number of aromatic nitrogens is 1. The predicted octanol–water partition coefficient (Wildman–Crippen LogP) is 4.27. The van der Waals surface area contributed by atoms with Gasteiger partial charge in [0.1, 0.15) is 5.82 Å². The standard InChI is InChI=1S/C25H26N4O2.ClH/c1-17(21-10-6-8-19-7-4-5-9-22(19)21)29(3)24(31)12-11-18-13-20-15-28(2)16-23(30)27-25(20)26-14-18;/h4-14,17H,15-16H2,1-3H3,(H,26,27,30);1H. The van der Waals surface area contributed by atoms with Gasteiger partial charge in [-0.2, -0.15) is 0 Å². The van der Waals surface area contributed by atoms with Gasteiger partial charge in [0.05, 0.1) is 12.6 Å². The molecule has 1 unspecified atom stereocenters. The van der Waals surface area contributed by atoms with Crippen molar-refractivity contribution < 1.29 is 9.59 Å². The Morgan fingerprint density at radius 3 is 2.75 bits per heavy atom. The van der Waals surface area contributed by atoms with E-state index in [9.17, 15) is 9.59 Å². The minimum atomic E-state index is -0.0826. The average Bonchev–Trinajstić information content (AvgIpc) is 2.91. The fourth-order valence-electron chi connectivity index (χ4n) is 3.92. The maximum Gasteiger partial charge on any atom is 0.246 e. The average molecular weight is 451 g/mol. The lowest BCUT2D eigenvalue weighted by atomic mass is 9.99. The van der Waals surface area contributed by atoms with Crippen molar-refractivity contribution >= 4 is 46.9 Å². The number of nitrogens with one attached hydrogen (secondary N) is 1. The van der Waals surface area contributed by atoms with Gasteiger partial charge in [-0.3, -0.25) is 14.5 Å². The number of anilines is 1. The zero-order valence-electron chi connectivity index (χ0n) is 18.4. The van der Waals surface area contributed by atoms with Crippen molar-refractivity contribution in [1.29, 1.82) is 0 Å². The third kappa shape index (κ3) is 4.98. The molecule has 0 saturated heterocycles. The van der Waals surface area contributed by atoms with Crippen LogP contribution in [0.3, 0.4) is 0 Å². The first-order chi connectivity index (χ1) is 14.9. The Morgan fingerprint density at radius 2 is 1.94 bits per heavy atom. The van der Waals surface area contributed by atoms with Crippen LogP contribution in [0.4, 0.5) is 5.82 Å². The van der Waals surface area contributed by atoms with Crippen LogP contribution in [0, 0.1) is 0 Å². The first kappa shape index (κ1) is 23.4. The fraction of sp³-hybridized carbons (Fsp3) is 0.240. The summed E-state index contributed by atoms with van der Waals surface area (Å²) in [6.45, 7) is 2.99. The number of benzene rings is 2. The van der Waals surface area contributed by atoms with Crippen LogP contribution in [-0.4, -0.2) is 47.2 Å². The normalized spacial score (nSPS) is 14.9. The molecule has 0 radical (unpaired) electrons. The summed E-state index contributed by atoms with van der Waals surface area (Å²) < 4.78 is 0. The van der Waals surface area contributed by atoms with Gasteiger partial charge in [-0.1, -0.05) is 42.5 Å². The first-order valence-electron chi connectivity index (χ1n) is 10.3. The van der Waals surface area contributed by atoms with Gasteiger partial charge in [-0.25, -0.2) is 4.98 Å². The highest BCUT2D eigenvalue weighted by Gasteiger charge is 2.19. The number of nitrogens with zero attached hydrogens (tertiary/aromatic N) is 3. The molecule has 0 fully saturated rings. The summed E-state index contributed by atoms with van der Waals surface area (Å²) in [7, 11) is 3.71. The van der Waals surface area contributed by atoms with Crippen LogP contribution in [0.15, 0.2) is 60.8 Å². The van der Waals surface area contributed by atoms with E-state index in [4.69, 9.17) is 0 Å². The minimum Gasteiger partial charge on any atom is -0.335 e. The quantitative estimate of drug-likeness (QED) is 0.603. The summed E-state index contributed by atoms with van der Waals surface area (Å²) in [6, 6.07) is 16.3. The highest BCUT2D eigenvalue weighted by atomic mass is 35.5. The van der Waals surface area contributed by atoms with Crippen LogP contribution in [0.25, 0.3) is 16.8 Å². The van der Waals surface area contributed by atoms with E-state index in [-0.39, 0.29) is 30.3 Å². The molecule has 0 aliphatic carbocycles. The molecule has 6 nitrogen and oxygen atoms in total. The monoisotopic (exact) mass is 450 g/mol. The Morgan fingerprint density at radius 1 is 1.19 bits per heavy atom. The summed E-state index contributed by atoms with van der Waals surface area (Å²) in [5.74, 6) is 0.427. The lowest BCUT2D eigenvalue weighted by Gasteiger charge is -2.25. The summed E-state index contributed by atoms with van der Waals surface area (Å²) >= 11 is 0. The number of halogens is 1. The Bertz CT molecular complexity index is 1170. The number of rotatable bonds is 4. The summed E-state index contributed by atoms with van der Waals surface area (Å²) in [5, 5.41) is 5.14. The first-order valence-corrected chi connectivity index (χ1v) is 10.3. The number of fused-ring (bicyclic) bond motifs is 2. The molecule has 3 aromatic rings. The lowest BCUT2D eigenvalue weighted by molar-refractivity contribution is -0.126. The largest absolute Gasteiger partial charge is 0.335 e. The molecule has 4 rings (SSSR count). The molecule has 1 aromatic heterocycles. The maximum absolute atomic E-state index is 12.9. The molecular weight excluding hydrogens is 424 g/mol. The van der Waals surface area contributed by atoms with Crippen molar-refractivity contribution in [1.82, 2.24) is 14.8 Å². The maximum atomic E-state index is 12.9. The number of carbonyl (C=O) groups excluding carboxylic acids is 2. The van der Waals surface area contributed by atoms with E-state index < -0.39 is 0 Å². The Balaban J connectivity index is 0.00000289. The summed E-state index contributed by atoms with van der Waals surface area (Å²) in [6.07, 6.45) is 5.01. The van der Waals surface area contributed by atoms with Crippen molar-refractivity contribution in [3.63, 3.8) is 0 Å². The van der Waals surface area contributed by atoms with Crippen LogP contribution in [-0.2, 0) is 16.1 Å². The third-order valence-electron chi connectivity index (χ3n) is 5.72. The van der Waals surface area contributed by atoms with E-state index in [1.807, 2.05) is 50.2 Å². The van der Waals surface area contributed by atoms with Crippen LogP contribution >= 0.6 is 12.4 Å². The van der Waals surface area contributed by atoms with Crippen LogP contribution in [0.2, 0.25) is 0 Å². The second-order valence-electron chi connectivity index (χ2n) is 8.02. The SMILES string of the molecule is CC(c1cccc2ccccc12)N(C)C(=O)C=Cc1cnc2c(c1)CN(C)CC(=O)N2.Cl. The van der Waals surface area contributed by atoms with Gasteiger partial charge in [-0.05, 0) is 48.0 Å². The van der Waals surface area contributed by atoms with Crippen LogP contribution in [0.1, 0.15) is 29.7 Å². The summed E-state index contributed by atoms with van der Waals surface area (Å²) in [5.41, 5.74) is 2.87. The number of amides is 2.